The van der Waals surface area contributed by atoms with Gasteiger partial charge in [0.1, 0.15) is 0 Å². The summed E-state index contributed by atoms with van der Waals surface area (Å²) >= 11 is 3.36. The van der Waals surface area contributed by atoms with E-state index in [0.717, 1.165) is 10.0 Å². The van der Waals surface area contributed by atoms with Crippen LogP contribution < -0.4 is 0 Å². The summed E-state index contributed by atoms with van der Waals surface area (Å²) in [5.74, 6) is -0.971. The molecule has 0 bridgehead atoms. The fourth-order valence-electron chi connectivity index (χ4n) is 1.57. The summed E-state index contributed by atoms with van der Waals surface area (Å²) in [5, 5.41) is 9.18. The molecular formula is C12H16BrNO2. The topological polar surface area (TPSA) is 50.2 Å². The molecule has 0 spiro atoms. The largest absolute Gasteiger partial charge is 0.481 e. The van der Waals surface area contributed by atoms with Crippen molar-refractivity contribution >= 4 is 21.9 Å². The number of carboxylic acid groups (broad SMARTS) is 1. The van der Waals surface area contributed by atoms with E-state index in [1.807, 2.05) is 26.8 Å². The van der Waals surface area contributed by atoms with Gasteiger partial charge in [-0.15, -0.1) is 0 Å². The summed E-state index contributed by atoms with van der Waals surface area (Å²) < 4.78 is 0.907. The predicted molar refractivity (Wildman–Crippen MR) is 66.5 cm³/mol. The first-order chi connectivity index (χ1) is 7.41. The van der Waals surface area contributed by atoms with Crippen molar-refractivity contribution in [2.24, 2.45) is 5.92 Å². The molecule has 16 heavy (non-hydrogen) atoms. The lowest BCUT2D eigenvalue weighted by molar-refractivity contribution is -0.139. The number of halogens is 1. The molecule has 0 aliphatic heterocycles. The lowest BCUT2D eigenvalue weighted by Crippen LogP contribution is -2.15. The standard InChI is InChI=1S/C12H16BrNO2/c1-7(2)4-9(12(15)16)11-5-8(3)10(13)6-14-11/h5-7,9H,4H2,1-3H3,(H,15,16). The Hall–Kier alpha value is -0.900. The van der Waals surface area contributed by atoms with Crippen molar-refractivity contribution in [1.29, 1.82) is 0 Å². The van der Waals surface area contributed by atoms with Crippen LogP contribution in [0.3, 0.4) is 0 Å². The Morgan fingerprint density at radius 3 is 2.62 bits per heavy atom. The van der Waals surface area contributed by atoms with Gasteiger partial charge in [-0.05, 0) is 46.8 Å². The van der Waals surface area contributed by atoms with Gasteiger partial charge in [-0.3, -0.25) is 9.78 Å². The third kappa shape index (κ3) is 3.30. The number of carbonyl (C=O) groups is 1. The molecule has 4 heteroatoms. The third-order valence-electron chi connectivity index (χ3n) is 2.43. The first-order valence-electron chi connectivity index (χ1n) is 5.26. The molecule has 0 amide bonds. The van der Waals surface area contributed by atoms with E-state index in [1.165, 1.54) is 0 Å². The Morgan fingerprint density at radius 2 is 2.19 bits per heavy atom. The molecule has 0 saturated carbocycles. The maximum absolute atomic E-state index is 11.2. The van der Waals surface area contributed by atoms with Gasteiger partial charge in [-0.1, -0.05) is 13.8 Å². The van der Waals surface area contributed by atoms with Gasteiger partial charge < -0.3 is 5.11 Å². The van der Waals surface area contributed by atoms with Gasteiger partial charge in [-0.2, -0.15) is 0 Å². The molecule has 0 aromatic carbocycles. The normalized spacial score (nSPS) is 12.8. The van der Waals surface area contributed by atoms with E-state index in [0.29, 0.717) is 18.0 Å². The number of pyridine rings is 1. The Balaban J connectivity index is 3.01. The number of nitrogens with zero attached hydrogens (tertiary/aromatic N) is 1. The minimum atomic E-state index is -0.803. The second-order valence-corrected chi connectivity index (χ2v) is 5.23. The van der Waals surface area contributed by atoms with Crippen molar-refractivity contribution in [3.63, 3.8) is 0 Å². The molecule has 0 aliphatic carbocycles. The number of carboxylic acids is 1. The summed E-state index contributed by atoms with van der Waals surface area (Å²) in [5.41, 5.74) is 1.65. The van der Waals surface area contributed by atoms with Gasteiger partial charge >= 0.3 is 5.97 Å². The average molecular weight is 286 g/mol. The molecule has 3 nitrogen and oxygen atoms in total. The van der Waals surface area contributed by atoms with E-state index >= 15 is 0 Å². The second-order valence-electron chi connectivity index (χ2n) is 4.38. The molecule has 1 aromatic heterocycles. The van der Waals surface area contributed by atoms with Crippen LogP contribution in [-0.2, 0) is 4.79 Å². The zero-order valence-electron chi connectivity index (χ0n) is 9.70. The van der Waals surface area contributed by atoms with Crippen LogP contribution in [0.2, 0.25) is 0 Å². The molecule has 1 N–H and O–H groups in total. The van der Waals surface area contributed by atoms with E-state index in [9.17, 15) is 9.90 Å². The van der Waals surface area contributed by atoms with E-state index in [2.05, 4.69) is 20.9 Å². The maximum atomic E-state index is 11.2. The predicted octanol–water partition coefficient (Wildman–Crippen LogP) is 3.37. The number of hydrogen-bond donors (Lipinski definition) is 1. The Morgan fingerprint density at radius 1 is 1.56 bits per heavy atom. The molecule has 1 heterocycles. The van der Waals surface area contributed by atoms with Crippen molar-refractivity contribution in [3.05, 3.63) is 28.0 Å². The highest BCUT2D eigenvalue weighted by molar-refractivity contribution is 9.10. The summed E-state index contributed by atoms with van der Waals surface area (Å²) in [6, 6.07) is 1.84. The Bertz CT molecular complexity index is 391. The molecule has 1 aromatic rings. The van der Waals surface area contributed by atoms with E-state index in [-0.39, 0.29) is 0 Å². The van der Waals surface area contributed by atoms with Crippen LogP contribution in [0.1, 0.15) is 37.4 Å². The van der Waals surface area contributed by atoms with Crippen LogP contribution in [0.25, 0.3) is 0 Å². The summed E-state index contributed by atoms with van der Waals surface area (Å²) in [6.07, 6.45) is 2.28. The summed E-state index contributed by atoms with van der Waals surface area (Å²) in [7, 11) is 0. The molecule has 0 aliphatic rings. The monoisotopic (exact) mass is 285 g/mol. The van der Waals surface area contributed by atoms with Gasteiger partial charge in [0.05, 0.1) is 11.6 Å². The Labute approximate surface area is 104 Å². The summed E-state index contributed by atoms with van der Waals surface area (Å²) in [6.45, 7) is 5.97. The first kappa shape index (κ1) is 13.2. The third-order valence-corrected chi connectivity index (χ3v) is 3.26. The van der Waals surface area contributed by atoms with Gasteiger partial charge in [0.25, 0.3) is 0 Å². The highest BCUT2D eigenvalue weighted by Gasteiger charge is 2.22. The van der Waals surface area contributed by atoms with Crippen LogP contribution in [-0.4, -0.2) is 16.1 Å². The van der Waals surface area contributed by atoms with Gasteiger partial charge in [0.2, 0.25) is 0 Å². The van der Waals surface area contributed by atoms with Crippen LogP contribution in [0.15, 0.2) is 16.7 Å². The SMILES string of the molecule is Cc1cc(C(CC(C)C)C(=O)O)ncc1Br. The fourth-order valence-corrected chi connectivity index (χ4v) is 1.79. The van der Waals surface area contributed by atoms with Crippen molar-refractivity contribution in [2.45, 2.75) is 33.1 Å². The number of hydrogen-bond acceptors (Lipinski definition) is 2. The number of rotatable bonds is 4. The smallest absolute Gasteiger partial charge is 0.312 e. The van der Waals surface area contributed by atoms with Crippen LogP contribution in [0, 0.1) is 12.8 Å². The highest BCUT2D eigenvalue weighted by atomic mass is 79.9. The van der Waals surface area contributed by atoms with Crippen molar-refractivity contribution < 1.29 is 9.90 Å². The van der Waals surface area contributed by atoms with Gasteiger partial charge in [0.15, 0.2) is 0 Å². The van der Waals surface area contributed by atoms with E-state index < -0.39 is 11.9 Å². The molecule has 0 fully saturated rings. The second kappa shape index (κ2) is 5.43. The van der Waals surface area contributed by atoms with Gasteiger partial charge in [-0.25, -0.2) is 0 Å². The van der Waals surface area contributed by atoms with Crippen LogP contribution in [0.4, 0.5) is 0 Å². The Kier molecular flexibility index (Phi) is 4.47. The van der Waals surface area contributed by atoms with Crippen LogP contribution >= 0.6 is 15.9 Å². The van der Waals surface area contributed by atoms with Crippen molar-refractivity contribution in [3.8, 4) is 0 Å². The number of aryl methyl sites for hydroxylation is 1. The lowest BCUT2D eigenvalue weighted by Gasteiger charge is -2.14. The molecular weight excluding hydrogens is 270 g/mol. The summed E-state index contributed by atoms with van der Waals surface area (Å²) in [4.78, 5) is 15.4. The highest BCUT2D eigenvalue weighted by Crippen LogP contribution is 2.25. The zero-order chi connectivity index (χ0) is 12.3. The minimum absolute atomic E-state index is 0.340. The average Bonchev–Trinajstić information content (AvgIpc) is 2.18. The maximum Gasteiger partial charge on any atom is 0.312 e. The molecule has 0 saturated heterocycles. The zero-order valence-corrected chi connectivity index (χ0v) is 11.3. The lowest BCUT2D eigenvalue weighted by atomic mass is 9.93. The minimum Gasteiger partial charge on any atom is -0.481 e. The van der Waals surface area contributed by atoms with Gasteiger partial charge in [0, 0.05) is 10.7 Å². The molecule has 1 rings (SSSR count). The van der Waals surface area contributed by atoms with Crippen molar-refractivity contribution in [1.82, 2.24) is 4.98 Å². The molecule has 88 valence electrons. The first-order valence-corrected chi connectivity index (χ1v) is 6.06. The number of aliphatic carboxylic acids is 1. The quantitative estimate of drug-likeness (QED) is 0.923. The fraction of sp³-hybridized carbons (Fsp3) is 0.500. The van der Waals surface area contributed by atoms with Crippen LogP contribution in [0.5, 0.6) is 0 Å². The molecule has 1 unspecified atom stereocenters. The van der Waals surface area contributed by atoms with E-state index in [4.69, 9.17) is 0 Å². The van der Waals surface area contributed by atoms with Crippen molar-refractivity contribution in [2.75, 3.05) is 0 Å². The number of aromatic nitrogens is 1. The van der Waals surface area contributed by atoms with E-state index in [1.54, 1.807) is 6.20 Å². The molecule has 0 radical (unpaired) electrons. The molecule has 1 atom stereocenters.